The average molecular weight is 458 g/mol. The van der Waals surface area contributed by atoms with Crippen LogP contribution in [0.15, 0.2) is 11.6 Å². The van der Waals surface area contributed by atoms with E-state index in [1.807, 2.05) is 11.6 Å². The van der Waals surface area contributed by atoms with Crippen LogP contribution in [-0.2, 0) is 9.59 Å². The van der Waals surface area contributed by atoms with Crippen molar-refractivity contribution in [3.8, 4) is 0 Å². The van der Waals surface area contributed by atoms with Gasteiger partial charge in [-0.3, -0.25) is 14.8 Å². The largest absolute Gasteiger partial charge is 0.393 e. The Hall–Kier alpha value is -1.20. The third-order valence-electron chi connectivity index (χ3n) is 11.7. The average Bonchev–Trinajstić information content (AvgIpc) is 2.75. The number of aliphatic hydroxyl groups is 1. The molecule has 0 saturated heterocycles. The van der Waals surface area contributed by atoms with Crippen LogP contribution in [0.4, 0.5) is 0 Å². The van der Waals surface area contributed by atoms with Crippen LogP contribution in [0.1, 0.15) is 92.4 Å². The third kappa shape index (κ3) is 3.10. The first-order valence-corrected chi connectivity index (χ1v) is 13.3. The van der Waals surface area contributed by atoms with Gasteiger partial charge in [-0.25, -0.2) is 5.48 Å². The zero-order valence-corrected chi connectivity index (χ0v) is 21.1. The number of hydrogen-bond acceptors (Lipinski definition) is 4. The molecule has 0 heterocycles. The van der Waals surface area contributed by atoms with Crippen molar-refractivity contribution >= 4 is 11.7 Å². The molecular weight excluding hydrogens is 414 g/mol. The van der Waals surface area contributed by atoms with E-state index in [4.69, 9.17) is 0 Å². The maximum atomic E-state index is 14.0. The van der Waals surface area contributed by atoms with E-state index in [9.17, 15) is 19.9 Å². The number of fused-ring (bicyclic) bond motifs is 7. The molecule has 5 nitrogen and oxygen atoms in total. The van der Waals surface area contributed by atoms with E-state index in [1.165, 1.54) is 5.57 Å². The molecular formula is C28H43NO4. The molecule has 184 valence electrons. The minimum absolute atomic E-state index is 0.0109. The highest BCUT2D eigenvalue weighted by atomic mass is 16.5. The summed E-state index contributed by atoms with van der Waals surface area (Å²) in [4.78, 5) is 27.1. The standard InChI is InChI=1S/C28H43NO4/c1-16-18-6-9-27(5)19-7-11-28(24(32)29-33)13-12-25(2,3)15-20(28)17(19)14-22(31)23(27)26(18,4)10-8-21(16)30/h14,16,18-21,23,30,33H,6-13,15H2,1-5H3,(H,29,32). The predicted molar refractivity (Wildman–Crippen MR) is 126 cm³/mol. The fourth-order valence-electron chi connectivity index (χ4n) is 9.91. The van der Waals surface area contributed by atoms with E-state index < -0.39 is 5.41 Å². The van der Waals surface area contributed by atoms with Crippen molar-refractivity contribution in [2.45, 2.75) is 98.5 Å². The maximum Gasteiger partial charge on any atom is 0.250 e. The van der Waals surface area contributed by atoms with Gasteiger partial charge in [0, 0.05) is 5.92 Å². The fraction of sp³-hybridized carbons (Fsp3) is 0.857. The molecule has 0 aromatic heterocycles. The first-order chi connectivity index (χ1) is 15.4. The molecule has 4 fully saturated rings. The summed E-state index contributed by atoms with van der Waals surface area (Å²) in [6.07, 6.45) is 9.80. The highest BCUT2D eigenvalue weighted by Gasteiger charge is 2.66. The molecule has 0 aliphatic heterocycles. The number of carbonyl (C=O) groups is 2. The fourth-order valence-corrected chi connectivity index (χ4v) is 9.91. The quantitative estimate of drug-likeness (QED) is 0.380. The van der Waals surface area contributed by atoms with Gasteiger partial charge in [-0.05, 0) is 104 Å². The second kappa shape index (κ2) is 7.40. The summed E-state index contributed by atoms with van der Waals surface area (Å²) in [6.45, 7) is 11.4. The topological polar surface area (TPSA) is 86.6 Å². The minimum atomic E-state index is -0.597. The van der Waals surface area contributed by atoms with Gasteiger partial charge < -0.3 is 5.11 Å². The molecule has 9 unspecified atom stereocenters. The highest BCUT2D eigenvalue weighted by molar-refractivity contribution is 5.95. The van der Waals surface area contributed by atoms with Crippen molar-refractivity contribution < 1.29 is 19.9 Å². The lowest BCUT2D eigenvalue weighted by atomic mass is 9.38. The van der Waals surface area contributed by atoms with Gasteiger partial charge in [0.25, 0.3) is 0 Å². The molecule has 5 heteroatoms. The van der Waals surface area contributed by atoms with E-state index in [1.54, 1.807) is 0 Å². The number of hydroxylamine groups is 1. The van der Waals surface area contributed by atoms with Crippen LogP contribution in [0.5, 0.6) is 0 Å². The summed E-state index contributed by atoms with van der Waals surface area (Å²) in [5.74, 6) is 0.942. The van der Waals surface area contributed by atoms with Crippen molar-refractivity contribution in [3.05, 3.63) is 11.6 Å². The summed E-state index contributed by atoms with van der Waals surface area (Å²) >= 11 is 0. The number of rotatable bonds is 1. The van der Waals surface area contributed by atoms with Crippen LogP contribution in [0.2, 0.25) is 0 Å². The summed E-state index contributed by atoms with van der Waals surface area (Å²) in [5.41, 5.74) is 2.55. The number of amides is 1. The Morgan fingerprint density at radius 3 is 2.36 bits per heavy atom. The number of aliphatic hydroxyl groups excluding tert-OH is 1. The molecule has 0 bridgehead atoms. The van der Waals surface area contributed by atoms with Crippen molar-refractivity contribution in [3.63, 3.8) is 0 Å². The van der Waals surface area contributed by atoms with Crippen LogP contribution in [0.3, 0.4) is 0 Å². The van der Waals surface area contributed by atoms with Gasteiger partial charge in [0.15, 0.2) is 5.78 Å². The van der Waals surface area contributed by atoms with Gasteiger partial charge in [-0.15, -0.1) is 0 Å². The van der Waals surface area contributed by atoms with Gasteiger partial charge >= 0.3 is 0 Å². The molecule has 5 aliphatic carbocycles. The summed E-state index contributed by atoms with van der Waals surface area (Å²) in [5, 5.41) is 20.2. The molecule has 0 spiro atoms. The Morgan fingerprint density at radius 2 is 1.67 bits per heavy atom. The highest BCUT2D eigenvalue weighted by Crippen LogP contribution is 2.70. The van der Waals surface area contributed by atoms with Crippen LogP contribution < -0.4 is 5.48 Å². The first kappa shape index (κ1) is 23.5. The molecule has 1 amide bonds. The first-order valence-electron chi connectivity index (χ1n) is 13.3. The minimum Gasteiger partial charge on any atom is -0.393 e. The smallest absolute Gasteiger partial charge is 0.250 e. The molecule has 0 radical (unpaired) electrons. The van der Waals surface area contributed by atoms with Crippen molar-refractivity contribution in [1.29, 1.82) is 0 Å². The monoisotopic (exact) mass is 457 g/mol. The van der Waals surface area contributed by atoms with Crippen molar-refractivity contribution in [2.75, 3.05) is 0 Å². The van der Waals surface area contributed by atoms with Crippen LogP contribution in [0.25, 0.3) is 0 Å². The van der Waals surface area contributed by atoms with E-state index in [-0.39, 0.29) is 51.8 Å². The van der Waals surface area contributed by atoms with Gasteiger partial charge in [0.05, 0.1) is 11.5 Å². The molecule has 0 aromatic carbocycles. The Morgan fingerprint density at radius 1 is 0.970 bits per heavy atom. The molecule has 0 aromatic rings. The van der Waals surface area contributed by atoms with Crippen molar-refractivity contribution in [1.82, 2.24) is 5.48 Å². The summed E-state index contributed by atoms with van der Waals surface area (Å²) in [7, 11) is 0. The van der Waals surface area contributed by atoms with Gasteiger partial charge in [0.2, 0.25) is 5.91 Å². The van der Waals surface area contributed by atoms with Gasteiger partial charge in [0.1, 0.15) is 0 Å². The number of carbonyl (C=O) groups excluding carboxylic acids is 2. The van der Waals surface area contributed by atoms with Crippen molar-refractivity contribution in [2.24, 2.45) is 51.2 Å². The second-order valence-electron chi connectivity index (χ2n) is 13.7. The molecule has 5 rings (SSSR count). The zero-order valence-electron chi connectivity index (χ0n) is 21.1. The van der Waals surface area contributed by atoms with Gasteiger partial charge in [-0.2, -0.15) is 0 Å². The Balaban J connectivity index is 1.59. The zero-order chi connectivity index (χ0) is 24.0. The molecule has 33 heavy (non-hydrogen) atoms. The maximum absolute atomic E-state index is 14.0. The van der Waals surface area contributed by atoms with Gasteiger partial charge in [-0.1, -0.05) is 40.2 Å². The Labute approximate surface area is 198 Å². The van der Waals surface area contributed by atoms with Crippen LogP contribution >= 0.6 is 0 Å². The Kier molecular flexibility index (Phi) is 5.28. The number of hydrogen-bond donors (Lipinski definition) is 3. The van der Waals surface area contributed by atoms with E-state index >= 15 is 0 Å². The molecule has 3 N–H and O–H groups in total. The lowest BCUT2D eigenvalue weighted by Crippen LogP contribution is -2.63. The number of ketones is 1. The summed E-state index contributed by atoms with van der Waals surface area (Å²) in [6, 6.07) is 0. The summed E-state index contributed by atoms with van der Waals surface area (Å²) < 4.78 is 0. The van der Waals surface area contributed by atoms with E-state index in [0.717, 1.165) is 57.8 Å². The van der Waals surface area contributed by atoms with E-state index in [0.29, 0.717) is 11.8 Å². The Bertz CT molecular complexity index is 894. The normalized spacial score (nSPS) is 50.8. The number of allylic oxidation sites excluding steroid dienone is 2. The second-order valence-corrected chi connectivity index (χ2v) is 13.7. The SMILES string of the molecule is CC1C(O)CCC2(C)C1CCC1(C)C3CCC4(C(=O)NO)CCC(C)(C)CC4C3=CC(=O)C12. The van der Waals surface area contributed by atoms with Crippen LogP contribution in [0, 0.1) is 51.2 Å². The molecule has 9 atom stereocenters. The lowest BCUT2D eigenvalue weighted by Gasteiger charge is -2.65. The molecule has 5 aliphatic rings. The lowest BCUT2D eigenvalue weighted by molar-refractivity contribution is -0.173. The van der Waals surface area contributed by atoms with E-state index in [2.05, 4.69) is 34.6 Å². The molecule has 4 saturated carbocycles. The number of nitrogens with one attached hydrogen (secondary N) is 1. The predicted octanol–water partition coefficient (Wildman–Crippen LogP) is 5.05. The van der Waals surface area contributed by atoms with Crippen LogP contribution in [-0.4, -0.2) is 28.1 Å². The third-order valence-corrected chi connectivity index (χ3v) is 11.7.